The number of carbonyl (C=O) groups is 2. The highest BCUT2D eigenvalue weighted by Crippen LogP contribution is 2.29. The van der Waals surface area contributed by atoms with Gasteiger partial charge in [-0.2, -0.15) is 0 Å². The zero-order valence-corrected chi connectivity index (χ0v) is 15.7. The standard InChI is InChI=1S/C19H24N2O4S/c1-26(24,25)16-9-10-17-15(12-16)8-5-11-21(17)19(23)18(22)20-13-14-6-3-2-4-7-14/h2-3,9-10,12,14H,4-8,11,13H2,1H3,(H,20,22). The first-order chi connectivity index (χ1) is 12.4. The van der Waals surface area contributed by atoms with E-state index >= 15 is 0 Å². The summed E-state index contributed by atoms with van der Waals surface area (Å²) in [6, 6.07) is 4.73. The highest BCUT2D eigenvalue weighted by Gasteiger charge is 2.28. The SMILES string of the molecule is CS(=O)(=O)c1ccc2c(c1)CCCN2C(=O)C(=O)NCC1CC=CCC1. The van der Waals surface area contributed by atoms with E-state index < -0.39 is 21.7 Å². The molecule has 0 bridgehead atoms. The van der Waals surface area contributed by atoms with Crippen LogP contribution in [0.25, 0.3) is 0 Å². The number of sulfone groups is 1. The lowest BCUT2D eigenvalue weighted by Crippen LogP contribution is -2.46. The molecule has 1 atom stereocenters. The zero-order chi connectivity index (χ0) is 18.7. The molecule has 0 radical (unpaired) electrons. The summed E-state index contributed by atoms with van der Waals surface area (Å²) in [6.07, 6.45) is 9.76. The van der Waals surface area contributed by atoms with Crippen molar-refractivity contribution in [2.45, 2.75) is 37.0 Å². The third-order valence-electron chi connectivity index (χ3n) is 4.97. The lowest BCUT2D eigenvalue weighted by Gasteiger charge is -2.29. The molecular formula is C19H24N2O4S. The van der Waals surface area contributed by atoms with Gasteiger partial charge in [-0.3, -0.25) is 9.59 Å². The van der Waals surface area contributed by atoms with Gasteiger partial charge in [0.15, 0.2) is 9.84 Å². The number of nitrogens with one attached hydrogen (secondary N) is 1. The third-order valence-corrected chi connectivity index (χ3v) is 6.08. The molecule has 1 aliphatic heterocycles. The number of carbonyl (C=O) groups excluding carboxylic acids is 2. The Kier molecular flexibility index (Phi) is 5.46. The van der Waals surface area contributed by atoms with Crippen molar-refractivity contribution in [3.05, 3.63) is 35.9 Å². The van der Waals surface area contributed by atoms with Crippen LogP contribution < -0.4 is 10.2 Å². The molecule has 0 saturated carbocycles. The summed E-state index contributed by atoms with van der Waals surface area (Å²) in [7, 11) is -3.30. The van der Waals surface area contributed by atoms with Gasteiger partial charge in [0.2, 0.25) is 0 Å². The molecule has 1 aliphatic carbocycles. The van der Waals surface area contributed by atoms with Crippen LogP contribution in [0.1, 0.15) is 31.2 Å². The lowest BCUT2D eigenvalue weighted by atomic mass is 9.94. The maximum Gasteiger partial charge on any atom is 0.316 e. The molecule has 0 fully saturated rings. The Morgan fingerprint density at radius 3 is 2.77 bits per heavy atom. The topological polar surface area (TPSA) is 83.6 Å². The molecule has 7 heteroatoms. The average Bonchev–Trinajstić information content (AvgIpc) is 2.64. The zero-order valence-electron chi connectivity index (χ0n) is 14.9. The number of allylic oxidation sites excluding steroid dienone is 2. The van der Waals surface area contributed by atoms with Crippen molar-refractivity contribution in [3.63, 3.8) is 0 Å². The van der Waals surface area contributed by atoms with Gasteiger partial charge < -0.3 is 10.2 Å². The van der Waals surface area contributed by atoms with Gasteiger partial charge in [-0.05, 0) is 61.8 Å². The van der Waals surface area contributed by atoms with Crippen molar-refractivity contribution in [1.82, 2.24) is 5.32 Å². The van der Waals surface area contributed by atoms with Crippen LogP contribution in [0.15, 0.2) is 35.2 Å². The Labute approximate surface area is 154 Å². The number of nitrogens with zero attached hydrogens (tertiary/aromatic N) is 1. The number of rotatable bonds is 3. The molecule has 0 saturated heterocycles. The Morgan fingerprint density at radius 2 is 2.08 bits per heavy atom. The molecule has 2 amide bonds. The Bertz CT molecular complexity index is 845. The second-order valence-electron chi connectivity index (χ2n) is 6.98. The first-order valence-electron chi connectivity index (χ1n) is 8.94. The van der Waals surface area contributed by atoms with Crippen LogP contribution in [0, 0.1) is 5.92 Å². The number of aryl methyl sites for hydroxylation is 1. The molecule has 1 unspecified atom stereocenters. The van der Waals surface area contributed by atoms with E-state index in [4.69, 9.17) is 0 Å². The van der Waals surface area contributed by atoms with Crippen molar-refractivity contribution in [2.24, 2.45) is 5.92 Å². The van der Waals surface area contributed by atoms with E-state index in [0.29, 0.717) is 37.5 Å². The van der Waals surface area contributed by atoms with Crippen LogP contribution in [0.3, 0.4) is 0 Å². The van der Waals surface area contributed by atoms with Gasteiger partial charge in [0.1, 0.15) is 0 Å². The molecule has 1 aromatic carbocycles. The third kappa shape index (κ3) is 4.15. The fraction of sp³-hybridized carbons (Fsp3) is 0.474. The minimum atomic E-state index is -3.30. The second-order valence-corrected chi connectivity index (χ2v) is 9.00. The summed E-state index contributed by atoms with van der Waals surface area (Å²) in [5, 5.41) is 2.76. The fourth-order valence-corrected chi connectivity index (χ4v) is 4.16. The van der Waals surface area contributed by atoms with E-state index in [0.717, 1.165) is 31.1 Å². The van der Waals surface area contributed by atoms with Crippen LogP contribution in [-0.2, 0) is 25.8 Å². The summed E-state index contributed by atoms with van der Waals surface area (Å²) >= 11 is 0. The van der Waals surface area contributed by atoms with Crippen molar-refractivity contribution in [3.8, 4) is 0 Å². The summed E-state index contributed by atoms with van der Waals surface area (Å²) in [4.78, 5) is 26.6. The molecule has 0 spiro atoms. The highest BCUT2D eigenvalue weighted by atomic mass is 32.2. The average molecular weight is 376 g/mol. The molecular weight excluding hydrogens is 352 g/mol. The van der Waals surface area contributed by atoms with Crippen LogP contribution in [0.5, 0.6) is 0 Å². The van der Waals surface area contributed by atoms with Crippen LogP contribution in [-0.4, -0.2) is 39.6 Å². The highest BCUT2D eigenvalue weighted by molar-refractivity contribution is 7.90. The second kappa shape index (κ2) is 7.61. The number of benzene rings is 1. The minimum Gasteiger partial charge on any atom is -0.348 e. The first-order valence-corrected chi connectivity index (χ1v) is 10.8. The minimum absolute atomic E-state index is 0.236. The Morgan fingerprint density at radius 1 is 1.27 bits per heavy atom. The van der Waals surface area contributed by atoms with Crippen LogP contribution in [0.4, 0.5) is 5.69 Å². The van der Waals surface area contributed by atoms with E-state index in [1.165, 1.54) is 11.0 Å². The predicted molar refractivity (Wildman–Crippen MR) is 99.7 cm³/mol. The van der Waals surface area contributed by atoms with Gasteiger partial charge in [0.25, 0.3) is 0 Å². The van der Waals surface area contributed by atoms with Crippen molar-refractivity contribution < 1.29 is 18.0 Å². The fourth-order valence-electron chi connectivity index (χ4n) is 3.49. The molecule has 1 aromatic rings. The number of hydrogen-bond acceptors (Lipinski definition) is 4. The molecule has 1 heterocycles. The molecule has 26 heavy (non-hydrogen) atoms. The summed E-state index contributed by atoms with van der Waals surface area (Å²) in [5.74, 6) is -0.799. The summed E-state index contributed by atoms with van der Waals surface area (Å²) < 4.78 is 23.5. The number of hydrogen-bond donors (Lipinski definition) is 1. The first kappa shape index (κ1) is 18.6. The number of fused-ring (bicyclic) bond motifs is 1. The quantitative estimate of drug-likeness (QED) is 0.644. The summed E-state index contributed by atoms with van der Waals surface area (Å²) in [5.41, 5.74) is 1.42. The van der Waals surface area contributed by atoms with Gasteiger partial charge in [-0.15, -0.1) is 0 Å². The normalized spacial score (nSPS) is 19.7. The van der Waals surface area contributed by atoms with Crippen molar-refractivity contribution >= 4 is 27.3 Å². The van der Waals surface area contributed by atoms with E-state index in [9.17, 15) is 18.0 Å². The van der Waals surface area contributed by atoms with Gasteiger partial charge in [-0.1, -0.05) is 12.2 Å². The largest absolute Gasteiger partial charge is 0.348 e. The van der Waals surface area contributed by atoms with Crippen molar-refractivity contribution in [2.75, 3.05) is 24.2 Å². The number of amides is 2. The number of anilines is 1. The molecule has 140 valence electrons. The van der Waals surface area contributed by atoms with Crippen LogP contribution >= 0.6 is 0 Å². The van der Waals surface area contributed by atoms with E-state index in [-0.39, 0.29) is 4.90 Å². The van der Waals surface area contributed by atoms with Gasteiger partial charge in [0.05, 0.1) is 4.90 Å². The molecule has 2 aliphatic rings. The van der Waals surface area contributed by atoms with Crippen LogP contribution in [0.2, 0.25) is 0 Å². The van der Waals surface area contributed by atoms with E-state index in [1.807, 2.05) is 0 Å². The molecule has 6 nitrogen and oxygen atoms in total. The monoisotopic (exact) mass is 376 g/mol. The molecule has 1 N–H and O–H groups in total. The van der Waals surface area contributed by atoms with Gasteiger partial charge >= 0.3 is 11.8 Å². The predicted octanol–water partition coefficient (Wildman–Crippen LogP) is 1.84. The van der Waals surface area contributed by atoms with Gasteiger partial charge in [0, 0.05) is 25.0 Å². The molecule has 0 aromatic heterocycles. The maximum atomic E-state index is 12.6. The summed E-state index contributed by atoms with van der Waals surface area (Å²) in [6.45, 7) is 0.965. The lowest BCUT2D eigenvalue weighted by molar-refractivity contribution is -0.137. The smallest absolute Gasteiger partial charge is 0.316 e. The maximum absolute atomic E-state index is 12.6. The van der Waals surface area contributed by atoms with Crippen molar-refractivity contribution in [1.29, 1.82) is 0 Å². The Hall–Kier alpha value is -2.15. The van der Waals surface area contributed by atoms with E-state index in [2.05, 4.69) is 17.5 Å². The molecule has 3 rings (SSSR count). The Balaban J connectivity index is 1.70. The van der Waals surface area contributed by atoms with Gasteiger partial charge in [-0.25, -0.2) is 8.42 Å². The van der Waals surface area contributed by atoms with E-state index in [1.54, 1.807) is 12.1 Å².